The number of hydrogen-bond acceptors (Lipinski definition) is 4. The molecule has 1 atom stereocenters. The summed E-state index contributed by atoms with van der Waals surface area (Å²) in [5.74, 6) is 1.40. The molecule has 0 radical (unpaired) electrons. The molecule has 0 aliphatic carbocycles. The smallest absolute Gasteiger partial charge is 0.251 e. The predicted molar refractivity (Wildman–Crippen MR) is 150 cm³/mol. The quantitative estimate of drug-likeness (QED) is 0.271. The van der Waals surface area contributed by atoms with Crippen LogP contribution in [0.5, 0.6) is 5.75 Å². The van der Waals surface area contributed by atoms with Gasteiger partial charge in [0.1, 0.15) is 11.5 Å². The molecule has 1 aliphatic rings. The molecule has 6 heteroatoms. The molecule has 3 aromatic rings. The minimum atomic E-state index is -0.0804. The maximum Gasteiger partial charge on any atom is 0.251 e. The van der Waals surface area contributed by atoms with Crippen LogP contribution in [0.2, 0.25) is 5.02 Å². The second-order valence-corrected chi connectivity index (χ2v) is 10.1. The van der Waals surface area contributed by atoms with Crippen LogP contribution in [0.4, 0.5) is 0 Å². The number of ether oxygens (including phenoxy) is 1. The van der Waals surface area contributed by atoms with E-state index in [-0.39, 0.29) is 18.1 Å². The fourth-order valence-corrected chi connectivity index (χ4v) is 4.94. The second kappa shape index (κ2) is 14.1. The summed E-state index contributed by atoms with van der Waals surface area (Å²) >= 11 is 6.55. The first kappa shape index (κ1) is 27.0. The van der Waals surface area contributed by atoms with E-state index in [1.165, 1.54) is 5.56 Å². The molecule has 37 heavy (non-hydrogen) atoms. The summed E-state index contributed by atoms with van der Waals surface area (Å²) in [4.78, 5) is 15.4. The van der Waals surface area contributed by atoms with Gasteiger partial charge in [-0.1, -0.05) is 61.4 Å². The minimum absolute atomic E-state index is 0.0597. The molecular weight excluding hydrogens is 484 g/mol. The standard InChI is InChI=1S/C31H37ClN2O3/c1-2-9-28(13-7-6-12-27-14-8-21-36-27)37-30-16-15-25(22-29(30)32)31(35)33-26-17-19-34(20-18-26)23-24-10-4-3-5-11-24/h3-6,8,10-12,14-16,21-22,26,28H,2,7,9,13,17-20,23H2,1H3,(H,33,35)/b12-6-. The Morgan fingerprint density at radius 2 is 1.95 bits per heavy atom. The summed E-state index contributed by atoms with van der Waals surface area (Å²) in [7, 11) is 0. The van der Waals surface area contributed by atoms with E-state index in [0.29, 0.717) is 16.3 Å². The summed E-state index contributed by atoms with van der Waals surface area (Å²) in [5, 5.41) is 3.66. The third-order valence-electron chi connectivity index (χ3n) is 6.75. The van der Waals surface area contributed by atoms with Crippen molar-refractivity contribution in [3.8, 4) is 5.75 Å². The Morgan fingerprint density at radius 3 is 2.65 bits per heavy atom. The van der Waals surface area contributed by atoms with E-state index in [1.807, 2.05) is 30.3 Å². The SMILES string of the molecule is CCCC(CC/C=C\c1ccco1)Oc1ccc(C(=O)NC2CCN(Cc3ccccc3)CC2)cc1Cl. The van der Waals surface area contributed by atoms with Crippen LogP contribution in [-0.4, -0.2) is 36.0 Å². The lowest BCUT2D eigenvalue weighted by atomic mass is 10.0. The zero-order valence-corrected chi connectivity index (χ0v) is 22.3. The number of likely N-dealkylation sites (tertiary alicyclic amines) is 1. The monoisotopic (exact) mass is 520 g/mol. The minimum Gasteiger partial charge on any atom is -0.489 e. The molecule has 0 spiro atoms. The number of carbonyl (C=O) groups excluding carboxylic acids is 1. The maximum absolute atomic E-state index is 12.9. The Kier molecular flexibility index (Phi) is 10.3. The molecule has 1 fully saturated rings. The number of nitrogens with one attached hydrogen (secondary N) is 1. The summed E-state index contributed by atoms with van der Waals surface area (Å²) in [5.41, 5.74) is 1.89. The first-order chi connectivity index (χ1) is 18.1. The zero-order valence-electron chi connectivity index (χ0n) is 21.6. The number of allylic oxidation sites excluding steroid dienone is 1. The summed E-state index contributed by atoms with van der Waals surface area (Å²) < 4.78 is 11.6. The highest BCUT2D eigenvalue weighted by Crippen LogP contribution is 2.28. The van der Waals surface area contributed by atoms with Crippen molar-refractivity contribution >= 4 is 23.6 Å². The van der Waals surface area contributed by atoms with Crippen molar-refractivity contribution in [2.24, 2.45) is 0 Å². The Bertz CT molecular complexity index is 1120. The van der Waals surface area contributed by atoms with Crippen molar-refractivity contribution in [3.63, 3.8) is 0 Å². The number of amides is 1. The first-order valence-electron chi connectivity index (χ1n) is 13.3. The van der Waals surface area contributed by atoms with Gasteiger partial charge >= 0.3 is 0 Å². The van der Waals surface area contributed by atoms with Crippen LogP contribution in [0.1, 0.15) is 67.1 Å². The molecule has 0 bridgehead atoms. The predicted octanol–water partition coefficient (Wildman–Crippen LogP) is 7.37. The lowest BCUT2D eigenvalue weighted by Gasteiger charge is -2.32. The van der Waals surface area contributed by atoms with Crippen molar-refractivity contribution in [1.82, 2.24) is 10.2 Å². The lowest BCUT2D eigenvalue weighted by Crippen LogP contribution is -2.44. The Hall–Kier alpha value is -3.02. The molecular formula is C31H37ClN2O3. The topological polar surface area (TPSA) is 54.7 Å². The number of nitrogens with zero attached hydrogens (tertiary/aromatic N) is 1. The van der Waals surface area contributed by atoms with Crippen LogP contribution in [0.15, 0.2) is 77.4 Å². The largest absolute Gasteiger partial charge is 0.489 e. The van der Waals surface area contributed by atoms with Gasteiger partial charge < -0.3 is 14.5 Å². The van der Waals surface area contributed by atoms with Gasteiger partial charge in [-0.2, -0.15) is 0 Å². The lowest BCUT2D eigenvalue weighted by molar-refractivity contribution is 0.0909. The number of halogens is 1. The van der Waals surface area contributed by atoms with Crippen molar-refractivity contribution in [2.75, 3.05) is 13.1 Å². The van der Waals surface area contributed by atoms with Crippen LogP contribution >= 0.6 is 11.6 Å². The van der Waals surface area contributed by atoms with Crippen LogP contribution < -0.4 is 10.1 Å². The number of rotatable bonds is 12. The van der Waals surface area contributed by atoms with Gasteiger partial charge in [-0.15, -0.1) is 0 Å². The third kappa shape index (κ3) is 8.51. The molecule has 196 valence electrons. The number of benzene rings is 2. The molecule has 1 amide bonds. The van der Waals surface area contributed by atoms with E-state index in [9.17, 15) is 4.79 Å². The molecule has 4 rings (SSSR count). The number of hydrogen-bond donors (Lipinski definition) is 1. The van der Waals surface area contributed by atoms with Crippen molar-refractivity contribution in [1.29, 1.82) is 0 Å². The van der Waals surface area contributed by atoms with Gasteiger partial charge in [-0.25, -0.2) is 0 Å². The van der Waals surface area contributed by atoms with E-state index in [2.05, 4.69) is 47.5 Å². The zero-order chi connectivity index (χ0) is 25.9. The fourth-order valence-electron chi connectivity index (χ4n) is 4.71. The Balaban J connectivity index is 1.25. The normalized spacial score (nSPS) is 15.6. The van der Waals surface area contributed by atoms with Crippen LogP contribution in [0.3, 0.4) is 0 Å². The first-order valence-corrected chi connectivity index (χ1v) is 13.7. The van der Waals surface area contributed by atoms with Gasteiger partial charge in [0, 0.05) is 31.2 Å². The highest BCUT2D eigenvalue weighted by atomic mass is 35.5. The van der Waals surface area contributed by atoms with Gasteiger partial charge in [0.2, 0.25) is 0 Å². The molecule has 1 unspecified atom stereocenters. The van der Waals surface area contributed by atoms with Crippen molar-refractivity contribution < 1.29 is 13.9 Å². The van der Waals surface area contributed by atoms with E-state index in [4.69, 9.17) is 20.8 Å². The second-order valence-electron chi connectivity index (χ2n) is 9.68. The van der Waals surface area contributed by atoms with Gasteiger partial charge in [-0.05, 0) is 74.1 Å². The molecule has 0 saturated carbocycles. The molecule has 2 heterocycles. The summed E-state index contributed by atoms with van der Waals surface area (Å²) in [6.45, 7) is 5.06. The number of furan rings is 1. The Morgan fingerprint density at radius 1 is 1.14 bits per heavy atom. The van der Waals surface area contributed by atoms with E-state index in [1.54, 1.807) is 18.4 Å². The number of carbonyl (C=O) groups is 1. The number of piperidine rings is 1. The van der Waals surface area contributed by atoms with Crippen molar-refractivity contribution in [2.45, 2.75) is 64.1 Å². The van der Waals surface area contributed by atoms with Crippen molar-refractivity contribution in [3.05, 3.63) is 94.9 Å². The van der Waals surface area contributed by atoms with Gasteiger partial charge in [-0.3, -0.25) is 9.69 Å². The summed E-state index contributed by atoms with van der Waals surface area (Å²) in [6, 6.07) is 19.9. The van der Waals surface area contributed by atoms with Gasteiger partial charge in [0.05, 0.1) is 17.4 Å². The average molecular weight is 521 g/mol. The fraction of sp³-hybridized carbons (Fsp3) is 0.387. The molecule has 2 aromatic carbocycles. The molecule has 1 N–H and O–H groups in total. The summed E-state index contributed by atoms with van der Waals surface area (Å²) in [6.07, 6.45) is 11.4. The van der Waals surface area contributed by atoms with Crippen LogP contribution in [0, 0.1) is 0 Å². The van der Waals surface area contributed by atoms with Crippen LogP contribution in [0.25, 0.3) is 6.08 Å². The van der Waals surface area contributed by atoms with E-state index < -0.39 is 0 Å². The van der Waals surface area contributed by atoms with Gasteiger partial charge in [0.15, 0.2) is 0 Å². The molecule has 1 aromatic heterocycles. The van der Waals surface area contributed by atoms with Gasteiger partial charge in [0.25, 0.3) is 5.91 Å². The molecule has 1 aliphatic heterocycles. The average Bonchev–Trinajstić information content (AvgIpc) is 3.43. The van der Waals surface area contributed by atoms with E-state index in [0.717, 1.165) is 63.9 Å². The highest BCUT2D eigenvalue weighted by Gasteiger charge is 2.22. The molecule has 5 nitrogen and oxygen atoms in total. The maximum atomic E-state index is 12.9. The Labute approximate surface area is 225 Å². The third-order valence-corrected chi connectivity index (χ3v) is 7.05. The van der Waals surface area contributed by atoms with Crippen LogP contribution in [-0.2, 0) is 6.54 Å². The van der Waals surface area contributed by atoms with E-state index >= 15 is 0 Å². The molecule has 1 saturated heterocycles. The highest BCUT2D eigenvalue weighted by molar-refractivity contribution is 6.32.